The molecule has 0 unspecified atom stereocenters. The normalized spacial score (nSPS) is 19.9. The van der Waals surface area contributed by atoms with Crippen molar-refractivity contribution in [1.29, 1.82) is 0 Å². The van der Waals surface area contributed by atoms with E-state index in [1.165, 1.54) is 0 Å². The minimum atomic E-state index is -0.218. The van der Waals surface area contributed by atoms with Crippen LogP contribution in [0.4, 0.5) is 10.5 Å². The average Bonchev–Trinajstić information content (AvgIpc) is 2.34. The molecular formula is C17H26ClN3O2. The summed E-state index contributed by atoms with van der Waals surface area (Å²) in [6.45, 7) is 8.63. The van der Waals surface area contributed by atoms with E-state index in [1.54, 1.807) is 25.3 Å². The molecule has 1 aliphatic heterocycles. The average molecular weight is 340 g/mol. The maximum absolute atomic E-state index is 12.3. The summed E-state index contributed by atoms with van der Waals surface area (Å²) < 4.78 is 5.11. The molecule has 2 rings (SSSR count). The van der Waals surface area contributed by atoms with Crippen molar-refractivity contribution in [2.45, 2.75) is 57.7 Å². The smallest absolute Gasteiger partial charge is 0.319 e. The van der Waals surface area contributed by atoms with Gasteiger partial charge in [0.25, 0.3) is 0 Å². The monoisotopic (exact) mass is 339 g/mol. The van der Waals surface area contributed by atoms with Crippen LogP contribution in [0.5, 0.6) is 5.75 Å². The van der Waals surface area contributed by atoms with E-state index >= 15 is 0 Å². The van der Waals surface area contributed by atoms with Gasteiger partial charge in [0, 0.05) is 22.8 Å². The molecule has 0 spiro atoms. The summed E-state index contributed by atoms with van der Waals surface area (Å²) in [5.74, 6) is 0.583. The topological polar surface area (TPSA) is 62.4 Å². The third-order valence-corrected chi connectivity index (χ3v) is 4.23. The summed E-state index contributed by atoms with van der Waals surface area (Å²) in [5.41, 5.74) is 0.618. The summed E-state index contributed by atoms with van der Waals surface area (Å²) in [6.07, 6.45) is 1.76. The van der Waals surface area contributed by atoms with Crippen molar-refractivity contribution in [1.82, 2.24) is 10.6 Å². The molecule has 0 atom stereocenters. The van der Waals surface area contributed by atoms with Gasteiger partial charge in [0.1, 0.15) is 5.75 Å². The SMILES string of the molecule is COc1ccc(NC(=O)NC2CC(C)(C)NC(C)(C)C2)cc1Cl. The van der Waals surface area contributed by atoms with Crippen LogP contribution in [-0.4, -0.2) is 30.3 Å². The van der Waals surface area contributed by atoms with E-state index in [4.69, 9.17) is 16.3 Å². The minimum Gasteiger partial charge on any atom is -0.495 e. The lowest BCUT2D eigenvalue weighted by molar-refractivity contribution is 0.149. The Morgan fingerprint density at radius 2 is 1.87 bits per heavy atom. The third kappa shape index (κ3) is 5.01. The molecule has 2 amide bonds. The van der Waals surface area contributed by atoms with Crippen LogP contribution in [-0.2, 0) is 0 Å². The van der Waals surface area contributed by atoms with Crippen LogP contribution in [0, 0.1) is 0 Å². The highest BCUT2D eigenvalue weighted by atomic mass is 35.5. The molecule has 0 bridgehead atoms. The number of hydrogen-bond acceptors (Lipinski definition) is 3. The molecule has 0 saturated carbocycles. The van der Waals surface area contributed by atoms with Crippen LogP contribution in [0.25, 0.3) is 0 Å². The van der Waals surface area contributed by atoms with Crippen LogP contribution in [0.3, 0.4) is 0 Å². The van der Waals surface area contributed by atoms with Crippen LogP contribution in [0.2, 0.25) is 5.02 Å². The van der Waals surface area contributed by atoms with Gasteiger partial charge in [-0.25, -0.2) is 4.79 Å². The van der Waals surface area contributed by atoms with Crippen molar-refractivity contribution in [3.05, 3.63) is 23.2 Å². The first-order chi connectivity index (χ1) is 10.6. The lowest BCUT2D eigenvalue weighted by Crippen LogP contribution is -2.62. The molecule has 6 heteroatoms. The van der Waals surface area contributed by atoms with Gasteiger partial charge in [-0.2, -0.15) is 0 Å². The quantitative estimate of drug-likeness (QED) is 0.785. The zero-order valence-electron chi connectivity index (χ0n) is 14.4. The molecular weight excluding hydrogens is 314 g/mol. The third-order valence-electron chi connectivity index (χ3n) is 3.94. The number of carbonyl (C=O) groups is 1. The molecule has 0 radical (unpaired) electrons. The number of nitrogens with one attached hydrogen (secondary N) is 3. The highest BCUT2D eigenvalue weighted by Crippen LogP contribution is 2.29. The fourth-order valence-electron chi connectivity index (χ4n) is 3.52. The number of rotatable bonds is 3. The molecule has 128 valence electrons. The number of carbonyl (C=O) groups excluding carboxylic acids is 1. The first kappa shape index (κ1) is 17.9. The highest BCUT2D eigenvalue weighted by Gasteiger charge is 2.38. The molecule has 5 nitrogen and oxygen atoms in total. The first-order valence-corrected chi connectivity index (χ1v) is 8.18. The number of hydrogen-bond donors (Lipinski definition) is 3. The van der Waals surface area contributed by atoms with Gasteiger partial charge in [-0.3, -0.25) is 0 Å². The summed E-state index contributed by atoms with van der Waals surface area (Å²) in [5, 5.41) is 9.96. The molecule has 1 saturated heterocycles. The van der Waals surface area contributed by atoms with Crippen molar-refractivity contribution < 1.29 is 9.53 Å². The van der Waals surface area contributed by atoms with Gasteiger partial charge in [0.2, 0.25) is 0 Å². The van der Waals surface area contributed by atoms with Gasteiger partial charge in [-0.05, 0) is 58.7 Å². The number of methoxy groups -OCH3 is 1. The first-order valence-electron chi connectivity index (χ1n) is 7.81. The number of urea groups is 1. The lowest BCUT2D eigenvalue weighted by Gasteiger charge is -2.46. The van der Waals surface area contributed by atoms with Gasteiger partial charge in [0.05, 0.1) is 12.1 Å². The van der Waals surface area contributed by atoms with Crippen molar-refractivity contribution >= 4 is 23.3 Å². The Morgan fingerprint density at radius 1 is 1.26 bits per heavy atom. The summed E-state index contributed by atoms with van der Waals surface area (Å²) in [4.78, 5) is 12.3. The van der Waals surface area contributed by atoms with Gasteiger partial charge in [0.15, 0.2) is 0 Å². The molecule has 23 heavy (non-hydrogen) atoms. The second-order valence-electron chi connectivity index (χ2n) is 7.45. The molecule has 0 aromatic heterocycles. The van der Waals surface area contributed by atoms with Gasteiger partial charge >= 0.3 is 6.03 Å². The Kier molecular flexibility index (Phi) is 5.11. The van der Waals surface area contributed by atoms with Gasteiger partial charge < -0.3 is 20.7 Å². The number of halogens is 1. The van der Waals surface area contributed by atoms with Crippen molar-refractivity contribution in [2.24, 2.45) is 0 Å². The van der Waals surface area contributed by atoms with Crippen LogP contribution < -0.4 is 20.7 Å². The van der Waals surface area contributed by atoms with E-state index in [0.29, 0.717) is 16.5 Å². The van der Waals surface area contributed by atoms with Crippen LogP contribution in [0.15, 0.2) is 18.2 Å². The Morgan fingerprint density at radius 3 is 2.39 bits per heavy atom. The maximum atomic E-state index is 12.3. The van der Waals surface area contributed by atoms with E-state index in [9.17, 15) is 4.79 Å². The summed E-state index contributed by atoms with van der Waals surface area (Å²) >= 11 is 6.07. The Balaban J connectivity index is 1.98. The second kappa shape index (κ2) is 6.57. The number of anilines is 1. The number of ether oxygens (including phenoxy) is 1. The standard InChI is InChI=1S/C17H26ClN3O2/c1-16(2)9-12(10-17(3,4)21-16)20-15(22)19-11-6-7-14(23-5)13(18)8-11/h6-8,12,21H,9-10H2,1-5H3,(H2,19,20,22). The van der Waals surface area contributed by atoms with Crippen LogP contribution in [0.1, 0.15) is 40.5 Å². The van der Waals surface area contributed by atoms with E-state index < -0.39 is 0 Å². The van der Waals surface area contributed by atoms with E-state index in [2.05, 4.69) is 43.6 Å². The largest absolute Gasteiger partial charge is 0.495 e. The number of piperidine rings is 1. The highest BCUT2D eigenvalue weighted by molar-refractivity contribution is 6.32. The lowest BCUT2D eigenvalue weighted by atomic mass is 9.80. The van der Waals surface area contributed by atoms with E-state index in [-0.39, 0.29) is 23.2 Å². The van der Waals surface area contributed by atoms with E-state index in [1.807, 2.05) is 0 Å². The fourth-order valence-corrected chi connectivity index (χ4v) is 3.78. The molecule has 1 fully saturated rings. The summed E-state index contributed by atoms with van der Waals surface area (Å²) in [7, 11) is 1.56. The Labute approximate surface area is 143 Å². The maximum Gasteiger partial charge on any atom is 0.319 e. The molecule has 0 aliphatic carbocycles. The number of amides is 2. The van der Waals surface area contributed by atoms with Crippen molar-refractivity contribution in [3.8, 4) is 5.75 Å². The number of benzene rings is 1. The van der Waals surface area contributed by atoms with Crippen LogP contribution >= 0.6 is 11.6 Å². The van der Waals surface area contributed by atoms with Crippen molar-refractivity contribution in [3.63, 3.8) is 0 Å². The van der Waals surface area contributed by atoms with Gasteiger partial charge in [-0.1, -0.05) is 11.6 Å². The zero-order chi connectivity index (χ0) is 17.3. The molecule has 1 aromatic carbocycles. The zero-order valence-corrected chi connectivity index (χ0v) is 15.2. The molecule has 1 aromatic rings. The second-order valence-corrected chi connectivity index (χ2v) is 7.85. The molecule has 3 N–H and O–H groups in total. The fraction of sp³-hybridized carbons (Fsp3) is 0.588. The predicted molar refractivity (Wildman–Crippen MR) is 94.5 cm³/mol. The molecule has 1 aliphatic rings. The summed E-state index contributed by atoms with van der Waals surface area (Å²) in [6, 6.07) is 5.07. The van der Waals surface area contributed by atoms with Gasteiger partial charge in [-0.15, -0.1) is 0 Å². The van der Waals surface area contributed by atoms with Crippen molar-refractivity contribution in [2.75, 3.05) is 12.4 Å². The Bertz CT molecular complexity index is 571. The molecule has 1 heterocycles. The predicted octanol–water partition coefficient (Wildman–Crippen LogP) is 3.78. The van der Waals surface area contributed by atoms with E-state index in [0.717, 1.165) is 12.8 Å². The Hall–Kier alpha value is -1.46. The minimum absolute atomic E-state index is 0.0108.